The number of ether oxygens (including phenoxy) is 1. The van der Waals surface area contributed by atoms with Crippen LogP contribution in [0.3, 0.4) is 0 Å². The highest BCUT2D eigenvalue weighted by Crippen LogP contribution is 2.19. The molecule has 2 rings (SSSR count). The third-order valence-electron chi connectivity index (χ3n) is 3.58. The lowest BCUT2D eigenvalue weighted by atomic mass is 10.1. The second-order valence-corrected chi connectivity index (χ2v) is 5.26. The van der Waals surface area contributed by atoms with Crippen LogP contribution in [0.5, 0.6) is 5.75 Å². The Morgan fingerprint density at radius 1 is 1.42 bits per heavy atom. The molecule has 1 unspecified atom stereocenters. The molecule has 0 saturated carbocycles. The Hall–Kier alpha value is -1.55. The molecule has 4 nitrogen and oxygen atoms in total. The number of nitrogens with two attached hydrogens (primary N) is 1. The van der Waals surface area contributed by atoms with Crippen LogP contribution in [0.15, 0.2) is 18.2 Å². The van der Waals surface area contributed by atoms with Crippen LogP contribution >= 0.6 is 0 Å². The molecule has 1 saturated heterocycles. The number of benzene rings is 1. The van der Waals surface area contributed by atoms with Gasteiger partial charge in [-0.25, -0.2) is 0 Å². The number of likely N-dealkylation sites (tertiary alicyclic amines) is 1. The summed E-state index contributed by atoms with van der Waals surface area (Å²) in [4.78, 5) is 13.6. The van der Waals surface area contributed by atoms with Crippen LogP contribution in [0.1, 0.15) is 17.5 Å². The summed E-state index contributed by atoms with van der Waals surface area (Å²) in [7, 11) is 0. The lowest BCUT2D eigenvalue weighted by Crippen LogP contribution is -2.30. The van der Waals surface area contributed by atoms with E-state index in [2.05, 4.69) is 13.0 Å². The van der Waals surface area contributed by atoms with Gasteiger partial charge in [-0.05, 0) is 37.9 Å². The maximum atomic E-state index is 11.7. The van der Waals surface area contributed by atoms with Crippen molar-refractivity contribution in [2.24, 2.45) is 11.7 Å². The Morgan fingerprint density at radius 3 is 2.84 bits per heavy atom. The molecule has 0 bridgehead atoms. The van der Waals surface area contributed by atoms with E-state index < -0.39 is 0 Å². The van der Waals surface area contributed by atoms with Gasteiger partial charge in [0.25, 0.3) is 0 Å². The summed E-state index contributed by atoms with van der Waals surface area (Å²) in [5.41, 5.74) is 7.96. The van der Waals surface area contributed by atoms with E-state index in [0.717, 1.165) is 17.9 Å². The van der Waals surface area contributed by atoms with Crippen LogP contribution in [0.25, 0.3) is 0 Å². The smallest absolute Gasteiger partial charge is 0.223 e. The SMILES string of the molecule is Cc1ccc(OCCN2CC(CN)CC2=O)c(C)c1. The summed E-state index contributed by atoms with van der Waals surface area (Å²) >= 11 is 0. The maximum Gasteiger partial charge on any atom is 0.223 e. The first-order chi connectivity index (χ1) is 9.10. The fourth-order valence-electron chi connectivity index (χ4n) is 2.46. The molecule has 1 heterocycles. The summed E-state index contributed by atoms with van der Waals surface area (Å²) in [6, 6.07) is 6.12. The number of carbonyl (C=O) groups excluding carboxylic acids is 1. The monoisotopic (exact) mass is 262 g/mol. The molecule has 4 heteroatoms. The Morgan fingerprint density at radius 2 is 2.21 bits per heavy atom. The Balaban J connectivity index is 1.82. The van der Waals surface area contributed by atoms with Gasteiger partial charge in [0.15, 0.2) is 0 Å². The number of rotatable bonds is 5. The zero-order chi connectivity index (χ0) is 13.8. The molecule has 0 aliphatic carbocycles. The molecule has 0 radical (unpaired) electrons. The molecule has 1 atom stereocenters. The summed E-state index contributed by atoms with van der Waals surface area (Å²) in [5, 5.41) is 0. The van der Waals surface area contributed by atoms with E-state index in [4.69, 9.17) is 10.5 Å². The summed E-state index contributed by atoms with van der Waals surface area (Å²) in [5.74, 6) is 1.40. The molecule has 104 valence electrons. The molecule has 1 aromatic carbocycles. The van der Waals surface area contributed by atoms with Crippen molar-refractivity contribution in [3.05, 3.63) is 29.3 Å². The number of aryl methyl sites for hydroxylation is 2. The molecular formula is C15H22N2O2. The minimum absolute atomic E-state index is 0.194. The van der Waals surface area contributed by atoms with Gasteiger partial charge in [-0.15, -0.1) is 0 Å². The Labute approximate surface area is 114 Å². The van der Waals surface area contributed by atoms with Crippen molar-refractivity contribution in [1.29, 1.82) is 0 Å². The molecule has 0 spiro atoms. The standard InChI is InChI=1S/C15H22N2O2/c1-11-3-4-14(12(2)7-11)19-6-5-17-10-13(9-16)8-15(17)18/h3-4,7,13H,5-6,8-10,16H2,1-2H3. The lowest BCUT2D eigenvalue weighted by molar-refractivity contribution is -0.128. The molecule has 1 aliphatic heterocycles. The fraction of sp³-hybridized carbons (Fsp3) is 0.533. The molecule has 1 aromatic rings. The van der Waals surface area contributed by atoms with E-state index in [1.54, 1.807) is 0 Å². The molecule has 1 fully saturated rings. The van der Waals surface area contributed by atoms with Crippen LogP contribution < -0.4 is 10.5 Å². The average molecular weight is 262 g/mol. The van der Waals surface area contributed by atoms with Gasteiger partial charge in [0.2, 0.25) is 5.91 Å². The predicted octanol–water partition coefficient (Wildman–Crippen LogP) is 1.49. The van der Waals surface area contributed by atoms with Crippen molar-refractivity contribution in [3.8, 4) is 5.75 Å². The van der Waals surface area contributed by atoms with Crippen molar-refractivity contribution in [3.63, 3.8) is 0 Å². The van der Waals surface area contributed by atoms with Crippen LogP contribution in [0.4, 0.5) is 0 Å². The highest BCUT2D eigenvalue weighted by molar-refractivity contribution is 5.78. The van der Waals surface area contributed by atoms with Gasteiger partial charge in [0.05, 0.1) is 6.54 Å². The molecule has 19 heavy (non-hydrogen) atoms. The first-order valence-corrected chi connectivity index (χ1v) is 6.78. The third-order valence-corrected chi connectivity index (χ3v) is 3.58. The minimum atomic E-state index is 0.194. The van der Waals surface area contributed by atoms with Gasteiger partial charge in [-0.2, -0.15) is 0 Å². The zero-order valence-electron chi connectivity index (χ0n) is 11.7. The van der Waals surface area contributed by atoms with Crippen molar-refractivity contribution < 1.29 is 9.53 Å². The van der Waals surface area contributed by atoms with Crippen molar-refractivity contribution in [2.75, 3.05) is 26.2 Å². The summed E-state index contributed by atoms with van der Waals surface area (Å²) in [6.45, 7) is 6.63. The first-order valence-electron chi connectivity index (χ1n) is 6.78. The molecule has 1 amide bonds. The van der Waals surface area contributed by atoms with Crippen LogP contribution in [0, 0.1) is 19.8 Å². The topological polar surface area (TPSA) is 55.6 Å². The van der Waals surface area contributed by atoms with E-state index in [-0.39, 0.29) is 5.91 Å². The molecule has 2 N–H and O–H groups in total. The van der Waals surface area contributed by atoms with E-state index in [9.17, 15) is 4.79 Å². The number of hydrogen-bond acceptors (Lipinski definition) is 3. The van der Waals surface area contributed by atoms with E-state index in [1.165, 1.54) is 5.56 Å². The van der Waals surface area contributed by atoms with Gasteiger partial charge in [-0.1, -0.05) is 17.7 Å². The van der Waals surface area contributed by atoms with Gasteiger partial charge in [-0.3, -0.25) is 4.79 Å². The maximum absolute atomic E-state index is 11.7. The van der Waals surface area contributed by atoms with Crippen LogP contribution in [0.2, 0.25) is 0 Å². The number of amides is 1. The zero-order valence-corrected chi connectivity index (χ0v) is 11.7. The largest absolute Gasteiger partial charge is 0.491 e. The Bertz CT molecular complexity index is 459. The highest BCUT2D eigenvalue weighted by Gasteiger charge is 2.28. The number of hydrogen-bond donors (Lipinski definition) is 1. The third kappa shape index (κ3) is 3.47. The fourth-order valence-corrected chi connectivity index (χ4v) is 2.46. The van der Waals surface area contributed by atoms with Gasteiger partial charge in [0, 0.05) is 13.0 Å². The van der Waals surface area contributed by atoms with Gasteiger partial charge < -0.3 is 15.4 Å². The first kappa shape index (κ1) is 13.9. The van der Waals surface area contributed by atoms with Crippen molar-refractivity contribution in [1.82, 2.24) is 4.90 Å². The van der Waals surface area contributed by atoms with Crippen molar-refractivity contribution >= 4 is 5.91 Å². The van der Waals surface area contributed by atoms with Crippen molar-refractivity contribution in [2.45, 2.75) is 20.3 Å². The summed E-state index contributed by atoms with van der Waals surface area (Å²) < 4.78 is 5.75. The van der Waals surface area contributed by atoms with E-state index in [1.807, 2.05) is 24.0 Å². The molecule has 1 aliphatic rings. The van der Waals surface area contributed by atoms with Gasteiger partial charge >= 0.3 is 0 Å². The van der Waals surface area contributed by atoms with Crippen LogP contribution in [-0.2, 0) is 4.79 Å². The molecule has 0 aromatic heterocycles. The predicted molar refractivity (Wildman–Crippen MR) is 75.2 cm³/mol. The average Bonchev–Trinajstić information content (AvgIpc) is 2.73. The second kappa shape index (κ2) is 6.06. The number of carbonyl (C=O) groups is 1. The van der Waals surface area contributed by atoms with E-state index in [0.29, 0.717) is 32.0 Å². The summed E-state index contributed by atoms with van der Waals surface area (Å²) in [6.07, 6.45) is 0.583. The van der Waals surface area contributed by atoms with Crippen LogP contribution in [-0.4, -0.2) is 37.0 Å². The second-order valence-electron chi connectivity index (χ2n) is 5.26. The lowest BCUT2D eigenvalue weighted by Gasteiger charge is -2.17. The quantitative estimate of drug-likeness (QED) is 0.874. The minimum Gasteiger partial charge on any atom is -0.491 e. The highest BCUT2D eigenvalue weighted by atomic mass is 16.5. The molecular weight excluding hydrogens is 240 g/mol. The van der Waals surface area contributed by atoms with E-state index >= 15 is 0 Å². The normalized spacial score (nSPS) is 19.0. The number of nitrogens with zero attached hydrogens (tertiary/aromatic N) is 1. The van der Waals surface area contributed by atoms with Gasteiger partial charge in [0.1, 0.15) is 12.4 Å². The Kier molecular flexibility index (Phi) is 4.43.